The van der Waals surface area contributed by atoms with Gasteiger partial charge in [-0.3, -0.25) is 4.98 Å². The van der Waals surface area contributed by atoms with Crippen molar-refractivity contribution < 1.29 is 12.8 Å². The van der Waals surface area contributed by atoms with Crippen LogP contribution in [0.2, 0.25) is 0 Å². The van der Waals surface area contributed by atoms with Crippen molar-refractivity contribution >= 4 is 9.84 Å². The Morgan fingerprint density at radius 2 is 1.71 bits per heavy atom. The molecule has 0 N–H and O–H groups in total. The molecule has 0 bridgehead atoms. The Bertz CT molecular complexity index is 619. The summed E-state index contributed by atoms with van der Waals surface area (Å²) < 4.78 is 35.2. The summed E-state index contributed by atoms with van der Waals surface area (Å²) in [5.41, 5.74) is 1.35. The summed E-state index contributed by atoms with van der Waals surface area (Å²) in [6.07, 6.45) is 2.28. The summed E-state index contributed by atoms with van der Waals surface area (Å²) in [5.74, 6) is -0.401. The van der Waals surface area contributed by atoms with E-state index in [9.17, 15) is 12.8 Å². The van der Waals surface area contributed by atoms with Crippen molar-refractivity contribution in [3.05, 3.63) is 48.4 Å². The predicted octanol–water partition coefficient (Wildman–Crippen LogP) is 2.29. The summed E-state index contributed by atoms with van der Waals surface area (Å²) in [6, 6.07) is 9.18. The fourth-order valence-electron chi connectivity index (χ4n) is 1.42. The Morgan fingerprint density at radius 1 is 1.06 bits per heavy atom. The molecule has 2 rings (SSSR count). The van der Waals surface area contributed by atoms with E-state index in [0.29, 0.717) is 5.69 Å². The topological polar surface area (TPSA) is 47.0 Å². The van der Waals surface area contributed by atoms with Gasteiger partial charge in [0.25, 0.3) is 0 Å². The molecule has 0 saturated heterocycles. The van der Waals surface area contributed by atoms with E-state index >= 15 is 0 Å². The van der Waals surface area contributed by atoms with Crippen molar-refractivity contribution in [3.63, 3.8) is 0 Å². The average Bonchev–Trinajstić information content (AvgIpc) is 2.29. The van der Waals surface area contributed by atoms with Crippen LogP contribution >= 0.6 is 0 Å². The molecule has 0 aliphatic rings. The summed E-state index contributed by atoms with van der Waals surface area (Å²) in [4.78, 5) is 4.17. The molecular weight excluding hydrogens is 241 g/mol. The maximum atomic E-state index is 12.7. The van der Waals surface area contributed by atoms with Crippen LogP contribution in [-0.4, -0.2) is 19.7 Å². The molecule has 0 aliphatic carbocycles. The fourth-order valence-corrected chi connectivity index (χ4v) is 2.05. The minimum absolute atomic E-state index is 0.253. The minimum Gasteiger partial charge on any atom is -0.253 e. The van der Waals surface area contributed by atoms with Crippen LogP contribution in [0.5, 0.6) is 0 Å². The first-order chi connectivity index (χ1) is 7.97. The van der Waals surface area contributed by atoms with Crippen LogP contribution < -0.4 is 0 Å². The molecule has 5 heteroatoms. The number of pyridine rings is 1. The van der Waals surface area contributed by atoms with Gasteiger partial charge in [0.2, 0.25) is 0 Å². The molecule has 3 nitrogen and oxygen atoms in total. The van der Waals surface area contributed by atoms with Gasteiger partial charge in [-0.05, 0) is 24.3 Å². The lowest BCUT2D eigenvalue weighted by Gasteiger charge is -2.02. The van der Waals surface area contributed by atoms with Gasteiger partial charge in [-0.25, -0.2) is 12.8 Å². The smallest absolute Gasteiger partial charge is 0.175 e. The Hall–Kier alpha value is -1.75. The minimum atomic E-state index is -3.19. The molecule has 0 aliphatic heterocycles. The first kappa shape index (κ1) is 11.7. The van der Waals surface area contributed by atoms with Crippen LogP contribution in [-0.2, 0) is 9.84 Å². The van der Waals surface area contributed by atoms with Gasteiger partial charge >= 0.3 is 0 Å². The number of rotatable bonds is 2. The van der Waals surface area contributed by atoms with Crippen molar-refractivity contribution in [1.29, 1.82) is 0 Å². The molecule has 17 heavy (non-hydrogen) atoms. The predicted molar refractivity (Wildman–Crippen MR) is 62.7 cm³/mol. The zero-order valence-electron chi connectivity index (χ0n) is 9.09. The van der Waals surface area contributed by atoms with Crippen LogP contribution in [0.25, 0.3) is 11.3 Å². The molecule has 88 valence electrons. The molecule has 0 fully saturated rings. The standard InChI is InChI=1S/C12H10FNO2S/c1-17(15,16)11-5-2-9(3-6-11)12-7-4-10(13)8-14-12/h2-8H,1H3. The first-order valence-electron chi connectivity index (χ1n) is 4.89. The number of hydrogen-bond donors (Lipinski definition) is 0. The van der Waals surface area contributed by atoms with Crippen LogP contribution in [0, 0.1) is 5.82 Å². The van der Waals surface area contributed by atoms with Crippen LogP contribution in [0.4, 0.5) is 4.39 Å². The average molecular weight is 251 g/mol. The highest BCUT2D eigenvalue weighted by Gasteiger charge is 2.07. The summed E-state index contributed by atoms with van der Waals surface area (Å²) >= 11 is 0. The molecule has 0 spiro atoms. The molecule has 0 radical (unpaired) electrons. The summed E-state index contributed by atoms with van der Waals surface area (Å²) in [7, 11) is -3.19. The highest BCUT2D eigenvalue weighted by molar-refractivity contribution is 7.90. The monoisotopic (exact) mass is 251 g/mol. The Morgan fingerprint density at radius 3 is 2.18 bits per heavy atom. The summed E-state index contributed by atoms with van der Waals surface area (Å²) in [5, 5.41) is 0. The Kier molecular flexibility index (Phi) is 2.93. The molecule has 1 heterocycles. The van der Waals surface area contributed by atoms with Crippen molar-refractivity contribution in [2.75, 3.05) is 6.26 Å². The van der Waals surface area contributed by atoms with Crippen molar-refractivity contribution in [2.45, 2.75) is 4.90 Å². The van der Waals surface area contributed by atoms with E-state index in [4.69, 9.17) is 0 Å². The van der Waals surface area contributed by atoms with Gasteiger partial charge in [0.15, 0.2) is 9.84 Å². The van der Waals surface area contributed by atoms with Crippen molar-refractivity contribution in [2.24, 2.45) is 0 Å². The molecule has 1 aromatic heterocycles. The SMILES string of the molecule is CS(=O)(=O)c1ccc(-c2ccc(F)cn2)cc1. The van der Waals surface area contributed by atoms with Gasteiger partial charge in [-0.2, -0.15) is 0 Å². The highest BCUT2D eigenvalue weighted by atomic mass is 32.2. The second-order valence-corrected chi connectivity index (χ2v) is 5.67. The number of halogens is 1. The van der Waals surface area contributed by atoms with E-state index < -0.39 is 15.7 Å². The van der Waals surface area contributed by atoms with E-state index in [1.54, 1.807) is 18.2 Å². The lowest BCUT2D eigenvalue weighted by molar-refractivity contribution is 0.602. The van der Waals surface area contributed by atoms with E-state index in [1.165, 1.54) is 18.2 Å². The third-order valence-electron chi connectivity index (χ3n) is 2.31. The van der Waals surface area contributed by atoms with E-state index in [2.05, 4.69) is 4.98 Å². The van der Waals surface area contributed by atoms with Gasteiger partial charge in [-0.15, -0.1) is 0 Å². The molecule has 0 saturated carbocycles. The van der Waals surface area contributed by atoms with Gasteiger partial charge in [0, 0.05) is 11.8 Å². The molecule has 0 atom stereocenters. The third kappa shape index (κ3) is 2.68. The molecular formula is C12H10FNO2S. The fraction of sp³-hybridized carbons (Fsp3) is 0.0833. The Labute approximate surface area is 98.9 Å². The number of hydrogen-bond acceptors (Lipinski definition) is 3. The zero-order chi connectivity index (χ0) is 12.5. The third-order valence-corrected chi connectivity index (χ3v) is 3.43. The molecule has 0 amide bonds. The maximum Gasteiger partial charge on any atom is 0.175 e. The lowest BCUT2D eigenvalue weighted by Crippen LogP contribution is -1.96. The normalized spacial score (nSPS) is 11.4. The Balaban J connectivity index is 2.39. The maximum absolute atomic E-state index is 12.7. The van der Waals surface area contributed by atoms with Gasteiger partial charge in [0.1, 0.15) is 5.82 Å². The van der Waals surface area contributed by atoms with Crippen LogP contribution in [0.1, 0.15) is 0 Å². The largest absolute Gasteiger partial charge is 0.253 e. The second-order valence-electron chi connectivity index (χ2n) is 3.66. The highest BCUT2D eigenvalue weighted by Crippen LogP contribution is 2.19. The van der Waals surface area contributed by atoms with Crippen molar-refractivity contribution in [3.8, 4) is 11.3 Å². The van der Waals surface area contributed by atoms with E-state index in [0.717, 1.165) is 18.0 Å². The number of nitrogens with zero attached hydrogens (tertiary/aromatic N) is 1. The zero-order valence-corrected chi connectivity index (χ0v) is 9.91. The quantitative estimate of drug-likeness (QED) is 0.822. The van der Waals surface area contributed by atoms with Gasteiger partial charge in [0.05, 0.1) is 16.8 Å². The van der Waals surface area contributed by atoms with E-state index in [1.807, 2.05) is 0 Å². The van der Waals surface area contributed by atoms with Crippen molar-refractivity contribution in [1.82, 2.24) is 4.98 Å². The number of sulfone groups is 1. The van der Waals surface area contributed by atoms with E-state index in [-0.39, 0.29) is 4.90 Å². The molecule has 1 aromatic carbocycles. The second kappa shape index (κ2) is 4.25. The lowest BCUT2D eigenvalue weighted by atomic mass is 10.1. The van der Waals surface area contributed by atoms with Gasteiger partial charge < -0.3 is 0 Å². The first-order valence-corrected chi connectivity index (χ1v) is 6.78. The van der Waals surface area contributed by atoms with Crippen LogP contribution in [0.15, 0.2) is 47.5 Å². The molecule has 2 aromatic rings. The molecule has 0 unspecified atom stereocenters. The van der Waals surface area contributed by atoms with Gasteiger partial charge in [-0.1, -0.05) is 12.1 Å². The van der Waals surface area contributed by atoms with Crippen LogP contribution in [0.3, 0.4) is 0 Å². The number of aromatic nitrogens is 1. The number of benzene rings is 1. The summed E-state index contributed by atoms with van der Waals surface area (Å²) in [6.45, 7) is 0.